The summed E-state index contributed by atoms with van der Waals surface area (Å²) in [5.74, 6) is 0.850. The molecule has 0 saturated carbocycles. The third kappa shape index (κ3) is 3.08. The lowest BCUT2D eigenvalue weighted by atomic mass is 9.95. The molecule has 0 bridgehead atoms. The predicted octanol–water partition coefficient (Wildman–Crippen LogP) is 3.07. The second kappa shape index (κ2) is 7.04. The lowest BCUT2D eigenvalue weighted by Gasteiger charge is -2.35. The molecular weight excluding hydrogens is 326 g/mol. The van der Waals surface area contributed by atoms with E-state index < -0.39 is 0 Å². The first kappa shape index (κ1) is 16.4. The molecule has 26 heavy (non-hydrogen) atoms. The maximum Gasteiger partial charge on any atom is 0.227 e. The van der Waals surface area contributed by atoms with Gasteiger partial charge in [-0.15, -0.1) is 0 Å². The highest BCUT2D eigenvalue weighted by Crippen LogP contribution is 2.30. The largest absolute Gasteiger partial charge is 0.496 e. The molecule has 0 unspecified atom stereocenters. The van der Waals surface area contributed by atoms with E-state index >= 15 is 0 Å². The molecule has 2 heterocycles. The highest BCUT2D eigenvalue weighted by molar-refractivity contribution is 5.80. The smallest absolute Gasteiger partial charge is 0.227 e. The average Bonchev–Trinajstić information content (AvgIpc) is 3.22. The van der Waals surface area contributed by atoms with Crippen LogP contribution in [-0.2, 0) is 17.8 Å². The average molecular weight is 347 g/mol. The highest BCUT2D eigenvalue weighted by atomic mass is 16.5. The molecule has 4 rings (SSSR count). The standard InChI is InChI=1S/C21H21N3O2/c1-26-20-10-5-3-7-16(20)13-21(25)23-14-17-8-2-4-9-18(17)19(15-23)24-12-6-11-22-24/h2-12,19H,13-15H2,1H3/t19-/m0/s1. The molecule has 1 aliphatic rings. The van der Waals surface area contributed by atoms with E-state index in [1.54, 1.807) is 13.3 Å². The Morgan fingerprint density at radius 1 is 1.15 bits per heavy atom. The van der Waals surface area contributed by atoms with Crippen molar-refractivity contribution in [1.29, 1.82) is 0 Å². The molecule has 1 atom stereocenters. The van der Waals surface area contributed by atoms with Gasteiger partial charge in [-0.05, 0) is 23.3 Å². The predicted molar refractivity (Wildman–Crippen MR) is 98.9 cm³/mol. The zero-order valence-electron chi connectivity index (χ0n) is 14.7. The summed E-state index contributed by atoms with van der Waals surface area (Å²) < 4.78 is 7.32. The maximum atomic E-state index is 13.0. The lowest BCUT2D eigenvalue weighted by Crippen LogP contribution is -2.41. The van der Waals surface area contributed by atoms with Gasteiger partial charge in [0.1, 0.15) is 5.75 Å². The van der Waals surface area contributed by atoms with Gasteiger partial charge in [0.2, 0.25) is 5.91 Å². The van der Waals surface area contributed by atoms with E-state index in [1.165, 1.54) is 11.1 Å². The van der Waals surface area contributed by atoms with E-state index in [0.717, 1.165) is 11.3 Å². The Bertz CT molecular complexity index is 905. The summed E-state index contributed by atoms with van der Waals surface area (Å²) in [6, 6.07) is 17.9. The van der Waals surface area contributed by atoms with E-state index in [0.29, 0.717) is 19.5 Å². The zero-order valence-corrected chi connectivity index (χ0v) is 14.7. The maximum absolute atomic E-state index is 13.0. The number of rotatable bonds is 4. The Morgan fingerprint density at radius 2 is 1.96 bits per heavy atom. The molecule has 2 aromatic carbocycles. The third-order valence-corrected chi connectivity index (χ3v) is 4.90. The molecule has 0 spiro atoms. The molecule has 0 aliphatic carbocycles. The molecule has 0 fully saturated rings. The van der Waals surface area contributed by atoms with Crippen LogP contribution in [0.5, 0.6) is 5.75 Å². The molecule has 0 radical (unpaired) electrons. The van der Waals surface area contributed by atoms with Crippen molar-refractivity contribution in [3.05, 3.63) is 83.7 Å². The number of para-hydroxylation sites is 1. The van der Waals surface area contributed by atoms with Crippen LogP contribution in [0, 0.1) is 0 Å². The molecule has 0 N–H and O–H groups in total. The van der Waals surface area contributed by atoms with Crippen molar-refractivity contribution in [3.8, 4) is 5.75 Å². The lowest BCUT2D eigenvalue weighted by molar-refractivity contribution is -0.132. The first-order valence-corrected chi connectivity index (χ1v) is 8.73. The van der Waals surface area contributed by atoms with Crippen molar-refractivity contribution >= 4 is 5.91 Å². The summed E-state index contributed by atoms with van der Waals surface area (Å²) in [5, 5.41) is 4.40. The molecule has 0 saturated heterocycles. The SMILES string of the molecule is COc1ccccc1CC(=O)N1Cc2ccccc2[C@@H](n2cccn2)C1. The Kier molecular flexibility index (Phi) is 4.44. The second-order valence-electron chi connectivity index (χ2n) is 6.46. The van der Waals surface area contributed by atoms with Gasteiger partial charge in [0, 0.05) is 31.0 Å². The normalized spacial score (nSPS) is 16.2. The number of nitrogens with zero attached hydrogens (tertiary/aromatic N) is 3. The molecule has 5 nitrogen and oxygen atoms in total. The summed E-state index contributed by atoms with van der Waals surface area (Å²) in [6.07, 6.45) is 4.06. The van der Waals surface area contributed by atoms with E-state index in [4.69, 9.17) is 4.74 Å². The number of amides is 1. The molecule has 5 heteroatoms. The first-order chi connectivity index (χ1) is 12.8. The Hall–Kier alpha value is -3.08. The van der Waals surface area contributed by atoms with Crippen molar-refractivity contribution < 1.29 is 9.53 Å². The summed E-state index contributed by atoms with van der Waals surface area (Å²) >= 11 is 0. The molecule has 1 amide bonds. The quantitative estimate of drug-likeness (QED) is 0.729. The van der Waals surface area contributed by atoms with Crippen LogP contribution in [0.3, 0.4) is 0 Å². The van der Waals surface area contributed by atoms with E-state index in [1.807, 2.05) is 58.2 Å². The van der Waals surface area contributed by atoms with E-state index in [9.17, 15) is 4.79 Å². The Morgan fingerprint density at radius 3 is 2.77 bits per heavy atom. The van der Waals surface area contributed by atoms with Crippen LogP contribution in [-0.4, -0.2) is 34.2 Å². The van der Waals surface area contributed by atoms with Gasteiger partial charge < -0.3 is 9.64 Å². The minimum atomic E-state index is 0.0385. The van der Waals surface area contributed by atoms with Crippen LogP contribution in [0.2, 0.25) is 0 Å². The van der Waals surface area contributed by atoms with Crippen molar-refractivity contribution in [1.82, 2.24) is 14.7 Å². The minimum Gasteiger partial charge on any atom is -0.496 e. The summed E-state index contributed by atoms with van der Waals surface area (Å²) in [5.41, 5.74) is 3.32. The van der Waals surface area contributed by atoms with E-state index in [-0.39, 0.29) is 11.9 Å². The van der Waals surface area contributed by atoms with Crippen LogP contribution in [0.25, 0.3) is 0 Å². The number of hydrogen-bond acceptors (Lipinski definition) is 3. The zero-order chi connectivity index (χ0) is 17.9. The number of carbonyl (C=O) groups excluding carboxylic acids is 1. The topological polar surface area (TPSA) is 47.4 Å². The number of fused-ring (bicyclic) bond motifs is 1. The number of aromatic nitrogens is 2. The molecular formula is C21H21N3O2. The van der Waals surface area contributed by atoms with Gasteiger partial charge in [-0.25, -0.2) is 0 Å². The van der Waals surface area contributed by atoms with Crippen LogP contribution in [0.4, 0.5) is 0 Å². The number of carbonyl (C=O) groups is 1. The monoisotopic (exact) mass is 347 g/mol. The van der Waals surface area contributed by atoms with Crippen molar-refractivity contribution in [2.24, 2.45) is 0 Å². The van der Waals surface area contributed by atoms with Gasteiger partial charge in [-0.1, -0.05) is 42.5 Å². The molecule has 132 valence electrons. The van der Waals surface area contributed by atoms with E-state index in [2.05, 4.69) is 17.2 Å². The number of benzene rings is 2. The van der Waals surface area contributed by atoms with Gasteiger partial charge in [0.25, 0.3) is 0 Å². The van der Waals surface area contributed by atoms with Crippen molar-refractivity contribution in [3.63, 3.8) is 0 Å². The summed E-state index contributed by atoms with van der Waals surface area (Å²) in [4.78, 5) is 14.9. The molecule has 3 aromatic rings. The van der Waals surface area contributed by atoms with Crippen molar-refractivity contribution in [2.75, 3.05) is 13.7 Å². The van der Waals surface area contributed by atoms with Gasteiger partial charge >= 0.3 is 0 Å². The van der Waals surface area contributed by atoms with Gasteiger partial charge in [-0.2, -0.15) is 5.10 Å². The van der Waals surface area contributed by atoms with Gasteiger partial charge in [0.15, 0.2) is 0 Å². The number of hydrogen-bond donors (Lipinski definition) is 0. The minimum absolute atomic E-state index is 0.0385. The number of ether oxygens (including phenoxy) is 1. The Balaban J connectivity index is 1.61. The molecule has 1 aliphatic heterocycles. The fourth-order valence-electron chi connectivity index (χ4n) is 3.59. The Labute approximate surface area is 152 Å². The van der Waals surface area contributed by atoms with Crippen LogP contribution in [0.1, 0.15) is 22.7 Å². The molecule has 1 aromatic heterocycles. The fourth-order valence-corrected chi connectivity index (χ4v) is 3.59. The summed E-state index contributed by atoms with van der Waals surface area (Å²) in [6.45, 7) is 1.24. The van der Waals surface area contributed by atoms with Crippen LogP contribution < -0.4 is 4.74 Å². The fraction of sp³-hybridized carbons (Fsp3) is 0.238. The number of methoxy groups -OCH3 is 1. The third-order valence-electron chi connectivity index (χ3n) is 4.90. The van der Waals surface area contributed by atoms with Gasteiger partial charge in [-0.3, -0.25) is 9.48 Å². The van der Waals surface area contributed by atoms with Gasteiger partial charge in [0.05, 0.1) is 19.6 Å². The highest BCUT2D eigenvalue weighted by Gasteiger charge is 2.29. The summed E-state index contributed by atoms with van der Waals surface area (Å²) in [7, 11) is 1.63. The second-order valence-corrected chi connectivity index (χ2v) is 6.46. The van der Waals surface area contributed by atoms with Crippen LogP contribution >= 0.6 is 0 Å². The van der Waals surface area contributed by atoms with Crippen LogP contribution in [0.15, 0.2) is 67.0 Å². The van der Waals surface area contributed by atoms with Crippen molar-refractivity contribution in [2.45, 2.75) is 19.0 Å². The first-order valence-electron chi connectivity index (χ1n) is 8.73.